The number of benzene rings is 1. The van der Waals surface area contributed by atoms with Crippen molar-refractivity contribution in [1.29, 1.82) is 0 Å². The number of amides is 1. The number of carbonyl (C=O) groups excluding carboxylic acids is 1. The summed E-state index contributed by atoms with van der Waals surface area (Å²) in [5, 5.41) is 0. The monoisotopic (exact) mass is 338 g/mol. The third-order valence-corrected chi connectivity index (χ3v) is 6.08. The molecule has 2 heterocycles. The fourth-order valence-corrected chi connectivity index (χ4v) is 4.79. The first-order valence-corrected chi connectivity index (χ1v) is 9.53. The van der Waals surface area contributed by atoms with Gasteiger partial charge in [-0.1, -0.05) is 0 Å². The Morgan fingerprint density at radius 3 is 2.26 bits per heavy atom. The quantitative estimate of drug-likeness (QED) is 0.819. The van der Waals surface area contributed by atoms with Crippen LogP contribution in [0.25, 0.3) is 0 Å². The van der Waals surface area contributed by atoms with E-state index in [1.807, 2.05) is 13.8 Å². The summed E-state index contributed by atoms with van der Waals surface area (Å²) in [6.07, 6.45) is 0.695. The summed E-state index contributed by atoms with van der Waals surface area (Å²) in [4.78, 5) is 14.4. The molecule has 0 unspecified atom stereocenters. The summed E-state index contributed by atoms with van der Waals surface area (Å²) in [5.41, 5.74) is 1.20. The van der Waals surface area contributed by atoms with Crippen molar-refractivity contribution in [2.45, 2.75) is 32.5 Å². The smallest absolute Gasteiger partial charge is 0.254 e. The first-order chi connectivity index (χ1) is 10.9. The molecular weight excluding hydrogens is 316 g/mol. The van der Waals surface area contributed by atoms with E-state index in [0.717, 1.165) is 0 Å². The average Bonchev–Trinajstić information content (AvgIpc) is 2.85. The van der Waals surface area contributed by atoms with Gasteiger partial charge in [-0.05, 0) is 44.5 Å². The molecule has 0 radical (unpaired) electrons. The summed E-state index contributed by atoms with van der Waals surface area (Å²) in [6.45, 7) is 5.57. The van der Waals surface area contributed by atoms with E-state index in [1.54, 1.807) is 29.2 Å². The maximum atomic E-state index is 12.6. The molecule has 2 aliphatic rings. The zero-order valence-corrected chi connectivity index (χ0v) is 14.3. The van der Waals surface area contributed by atoms with Crippen LogP contribution in [0.5, 0.6) is 0 Å². The van der Waals surface area contributed by atoms with Gasteiger partial charge in [0.1, 0.15) is 0 Å². The van der Waals surface area contributed by atoms with Crippen LogP contribution in [0, 0.1) is 0 Å². The second kappa shape index (κ2) is 6.13. The molecule has 6 nitrogen and oxygen atoms in total. The van der Waals surface area contributed by atoms with E-state index in [1.165, 1.54) is 4.31 Å². The lowest BCUT2D eigenvalue weighted by Crippen LogP contribution is -2.48. The molecule has 1 amide bonds. The van der Waals surface area contributed by atoms with Crippen LogP contribution < -0.4 is 4.31 Å². The number of rotatable bonds is 2. The van der Waals surface area contributed by atoms with Crippen molar-refractivity contribution in [2.24, 2.45) is 0 Å². The van der Waals surface area contributed by atoms with Gasteiger partial charge in [0.25, 0.3) is 5.91 Å². The Morgan fingerprint density at radius 2 is 1.74 bits per heavy atom. The molecule has 126 valence electrons. The van der Waals surface area contributed by atoms with Crippen LogP contribution in [0.3, 0.4) is 0 Å². The minimum absolute atomic E-state index is 0.0247. The average molecular weight is 338 g/mol. The molecule has 0 N–H and O–H groups in total. The van der Waals surface area contributed by atoms with Gasteiger partial charge in [-0.25, -0.2) is 8.42 Å². The Kier molecular flexibility index (Phi) is 4.33. The number of nitrogens with zero attached hydrogens (tertiary/aromatic N) is 2. The van der Waals surface area contributed by atoms with Crippen LogP contribution in [0.4, 0.5) is 5.69 Å². The fraction of sp³-hybridized carbons (Fsp3) is 0.562. The number of ether oxygens (including phenoxy) is 1. The van der Waals surface area contributed by atoms with Gasteiger partial charge in [-0.15, -0.1) is 0 Å². The van der Waals surface area contributed by atoms with Gasteiger partial charge in [0, 0.05) is 25.2 Å². The minimum atomic E-state index is -3.19. The SMILES string of the molecule is C[C@H]1CN(C(=O)c2ccc(N3CCCS3(=O)=O)cc2)C[C@H](C)O1. The normalized spacial score (nSPS) is 27.2. The van der Waals surface area contributed by atoms with Crippen LogP contribution in [-0.4, -0.2) is 56.8 Å². The third-order valence-electron chi connectivity index (χ3n) is 4.21. The van der Waals surface area contributed by atoms with Crippen molar-refractivity contribution < 1.29 is 17.9 Å². The van der Waals surface area contributed by atoms with Crippen molar-refractivity contribution >= 4 is 21.6 Å². The number of anilines is 1. The molecule has 1 aromatic rings. The van der Waals surface area contributed by atoms with Crippen LogP contribution in [0.1, 0.15) is 30.6 Å². The largest absolute Gasteiger partial charge is 0.372 e. The number of morpholine rings is 1. The number of sulfonamides is 1. The van der Waals surface area contributed by atoms with Gasteiger partial charge in [0.05, 0.1) is 23.6 Å². The van der Waals surface area contributed by atoms with E-state index >= 15 is 0 Å². The number of carbonyl (C=O) groups is 1. The lowest BCUT2D eigenvalue weighted by atomic mass is 10.1. The van der Waals surface area contributed by atoms with Gasteiger partial charge in [-0.3, -0.25) is 9.10 Å². The van der Waals surface area contributed by atoms with E-state index in [9.17, 15) is 13.2 Å². The fourth-order valence-electron chi connectivity index (χ4n) is 3.23. The zero-order chi connectivity index (χ0) is 16.6. The Morgan fingerprint density at radius 1 is 1.13 bits per heavy atom. The standard InChI is InChI=1S/C16H22N2O4S/c1-12-10-17(11-13(2)22-12)16(19)14-4-6-15(7-5-14)18-8-3-9-23(18,20)21/h4-7,12-13H,3,8-11H2,1-2H3/t12-,13-/m0/s1. The first kappa shape index (κ1) is 16.3. The van der Waals surface area contributed by atoms with Crippen LogP contribution in [-0.2, 0) is 14.8 Å². The molecule has 23 heavy (non-hydrogen) atoms. The van der Waals surface area contributed by atoms with Crippen molar-refractivity contribution in [3.8, 4) is 0 Å². The second-order valence-electron chi connectivity index (χ2n) is 6.26. The van der Waals surface area contributed by atoms with Gasteiger partial charge in [0.15, 0.2) is 0 Å². The highest BCUT2D eigenvalue weighted by atomic mass is 32.2. The molecule has 0 bridgehead atoms. The molecule has 0 aromatic heterocycles. The highest BCUT2D eigenvalue weighted by Crippen LogP contribution is 2.24. The number of hydrogen-bond donors (Lipinski definition) is 0. The molecule has 2 aliphatic heterocycles. The molecule has 2 atom stereocenters. The summed E-state index contributed by atoms with van der Waals surface area (Å²) in [7, 11) is -3.19. The summed E-state index contributed by atoms with van der Waals surface area (Å²) >= 11 is 0. The molecule has 0 saturated carbocycles. The van der Waals surface area contributed by atoms with E-state index < -0.39 is 10.0 Å². The summed E-state index contributed by atoms with van der Waals surface area (Å²) in [5.74, 6) is 0.153. The Balaban J connectivity index is 1.75. The highest BCUT2D eigenvalue weighted by Gasteiger charge is 2.29. The van der Waals surface area contributed by atoms with Gasteiger partial charge < -0.3 is 9.64 Å². The third kappa shape index (κ3) is 3.35. The van der Waals surface area contributed by atoms with Crippen LogP contribution in [0.2, 0.25) is 0 Å². The van der Waals surface area contributed by atoms with Crippen molar-refractivity contribution in [3.63, 3.8) is 0 Å². The summed E-state index contributed by atoms with van der Waals surface area (Å²) < 4.78 is 30.9. The maximum absolute atomic E-state index is 12.6. The zero-order valence-electron chi connectivity index (χ0n) is 13.4. The van der Waals surface area contributed by atoms with Gasteiger partial charge in [-0.2, -0.15) is 0 Å². The highest BCUT2D eigenvalue weighted by molar-refractivity contribution is 7.93. The Hall–Kier alpha value is -1.60. The molecule has 0 aliphatic carbocycles. The molecular formula is C16H22N2O4S. The van der Waals surface area contributed by atoms with Crippen molar-refractivity contribution in [2.75, 3.05) is 29.7 Å². The van der Waals surface area contributed by atoms with Crippen LogP contribution >= 0.6 is 0 Å². The molecule has 0 spiro atoms. The van der Waals surface area contributed by atoms with E-state index in [-0.39, 0.29) is 23.9 Å². The topological polar surface area (TPSA) is 66.9 Å². The lowest BCUT2D eigenvalue weighted by Gasteiger charge is -2.35. The predicted octanol–water partition coefficient (Wildman–Crippen LogP) is 1.48. The lowest BCUT2D eigenvalue weighted by molar-refractivity contribution is -0.0586. The van der Waals surface area contributed by atoms with Crippen molar-refractivity contribution in [3.05, 3.63) is 29.8 Å². The molecule has 3 rings (SSSR count). The van der Waals surface area contributed by atoms with E-state index in [4.69, 9.17) is 4.74 Å². The van der Waals surface area contributed by atoms with E-state index in [0.29, 0.717) is 37.3 Å². The van der Waals surface area contributed by atoms with E-state index in [2.05, 4.69) is 0 Å². The van der Waals surface area contributed by atoms with Gasteiger partial charge >= 0.3 is 0 Å². The minimum Gasteiger partial charge on any atom is -0.372 e. The molecule has 1 aromatic carbocycles. The predicted molar refractivity (Wildman–Crippen MR) is 88.1 cm³/mol. The molecule has 2 fully saturated rings. The Labute approximate surface area is 137 Å². The second-order valence-corrected chi connectivity index (χ2v) is 8.27. The molecule has 2 saturated heterocycles. The number of hydrogen-bond acceptors (Lipinski definition) is 4. The van der Waals surface area contributed by atoms with Gasteiger partial charge in [0.2, 0.25) is 10.0 Å². The first-order valence-electron chi connectivity index (χ1n) is 7.92. The Bertz CT molecular complexity index is 677. The maximum Gasteiger partial charge on any atom is 0.254 e. The molecule has 7 heteroatoms. The van der Waals surface area contributed by atoms with Crippen LogP contribution in [0.15, 0.2) is 24.3 Å². The summed E-state index contributed by atoms with van der Waals surface area (Å²) in [6, 6.07) is 6.83. The van der Waals surface area contributed by atoms with Crippen molar-refractivity contribution in [1.82, 2.24) is 4.90 Å².